The van der Waals surface area contributed by atoms with Crippen LogP contribution in [0.3, 0.4) is 0 Å². The smallest absolute Gasteiger partial charge is 0.127 e. The van der Waals surface area contributed by atoms with Crippen molar-refractivity contribution in [2.24, 2.45) is 10.7 Å². The summed E-state index contributed by atoms with van der Waals surface area (Å²) in [5.74, 6) is 1.29. The molecule has 1 heterocycles. The van der Waals surface area contributed by atoms with E-state index in [1.54, 1.807) is 0 Å². The molecule has 1 unspecified atom stereocenters. The van der Waals surface area contributed by atoms with E-state index in [4.69, 9.17) is 10.7 Å². The molecule has 0 aromatic heterocycles. The van der Waals surface area contributed by atoms with Crippen molar-refractivity contribution in [1.29, 1.82) is 0 Å². The van der Waals surface area contributed by atoms with Gasteiger partial charge in [-0.25, -0.2) is 4.99 Å². The zero-order valence-corrected chi connectivity index (χ0v) is 30.4. The third kappa shape index (κ3) is 24.2. The Bertz CT molecular complexity index is 696. The van der Waals surface area contributed by atoms with Gasteiger partial charge in [0.05, 0.1) is 6.54 Å². The maximum Gasteiger partial charge on any atom is 0.127 e. The van der Waals surface area contributed by atoms with Gasteiger partial charge in [-0.1, -0.05) is 154 Å². The third-order valence-electron chi connectivity index (χ3n) is 9.60. The molecule has 0 radical (unpaired) electrons. The largest absolute Gasteiger partial charge is 0.357 e. The van der Waals surface area contributed by atoms with Crippen LogP contribution in [0.25, 0.3) is 0 Å². The molecule has 1 aliphatic rings. The molecule has 258 valence electrons. The van der Waals surface area contributed by atoms with E-state index in [-0.39, 0.29) is 5.66 Å². The second kappa shape index (κ2) is 30.6. The molecule has 1 rings (SSSR count). The van der Waals surface area contributed by atoms with Crippen molar-refractivity contribution in [2.75, 3.05) is 13.1 Å². The Balaban J connectivity index is 2.00. The van der Waals surface area contributed by atoms with Crippen molar-refractivity contribution in [1.82, 2.24) is 4.90 Å². The minimum atomic E-state index is -0.339. The van der Waals surface area contributed by atoms with Gasteiger partial charge >= 0.3 is 0 Å². The Hall–Kier alpha value is -1.09. The van der Waals surface area contributed by atoms with Gasteiger partial charge in [0.2, 0.25) is 0 Å². The van der Waals surface area contributed by atoms with Gasteiger partial charge in [-0.05, 0) is 77.6 Å². The van der Waals surface area contributed by atoms with Gasteiger partial charge < -0.3 is 10.6 Å². The summed E-state index contributed by atoms with van der Waals surface area (Å²) in [5, 5.41) is 0. The fourth-order valence-corrected chi connectivity index (χ4v) is 6.64. The fraction of sp³-hybridized carbons (Fsp3) is 0.878. The van der Waals surface area contributed by atoms with Crippen molar-refractivity contribution in [3.8, 4) is 0 Å². The molecule has 0 aromatic carbocycles. The first-order valence-electron chi connectivity index (χ1n) is 20.1. The summed E-state index contributed by atoms with van der Waals surface area (Å²) in [6.45, 7) is 8.81. The third-order valence-corrected chi connectivity index (χ3v) is 9.60. The lowest BCUT2D eigenvalue weighted by molar-refractivity contribution is 0.326. The molecule has 3 heteroatoms. The van der Waals surface area contributed by atoms with Crippen LogP contribution < -0.4 is 5.73 Å². The van der Waals surface area contributed by atoms with Gasteiger partial charge in [0, 0.05) is 13.0 Å². The number of hydrogen-bond acceptors (Lipinski definition) is 3. The Morgan fingerprint density at radius 2 is 0.886 bits per heavy atom. The highest BCUT2D eigenvalue weighted by Crippen LogP contribution is 2.25. The van der Waals surface area contributed by atoms with Crippen molar-refractivity contribution in [3.63, 3.8) is 0 Å². The molecular weight excluding hydrogens is 534 g/mol. The van der Waals surface area contributed by atoms with Crippen LogP contribution in [-0.2, 0) is 0 Å². The standard InChI is InChI=1S/C41H79N3/c1-4-7-9-11-13-15-17-19-21-23-25-27-29-31-33-35-37-40-43-41(42,39-44(40)6-3)38-36-34-32-30-28-26-24-22-20-18-16-14-12-10-8-5-2/h19-22H,4-18,23-39,42H2,1-3H3/b21-19-,22-20-. The molecule has 0 aromatic rings. The van der Waals surface area contributed by atoms with Crippen molar-refractivity contribution >= 4 is 5.84 Å². The maximum atomic E-state index is 6.80. The van der Waals surface area contributed by atoms with E-state index in [1.807, 2.05) is 0 Å². The van der Waals surface area contributed by atoms with E-state index in [1.165, 1.54) is 186 Å². The normalized spacial score (nSPS) is 17.1. The number of nitrogens with zero attached hydrogens (tertiary/aromatic N) is 2. The summed E-state index contributed by atoms with van der Waals surface area (Å²) in [5.41, 5.74) is 6.46. The number of rotatable bonds is 33. The molecule has 0 bridgehead atoms. The molecule has 0 spiro atoms. The van der Waals surface area contributed by atoms with E-state index in [2.05, 4.69) is 50.0 Å². The maximum absolute atomic E-state index is 6.80. The van der Waals surface area contributed by atoms with Gasteiger partial charge in [0.1, 0.15) is 11.5 Å². The van der Waals surface area contributed by atoms with Crippen molar-refractivity contribution < 1.29 is 0 Å². The molecule has 2 N–H and O–H groups in total. The van der Waals surface area contributed by atoms with Crippen LogP contribution in [-0.4, -0.2) is 29.5 Å². The van der Waals surface area contributed by atoms with Crippen LogP contribution in [0.15, 0.2) is 29.3 Å². The minimum absolute atomic E-state index is 0.339. The average Bonchev–Trinajstić information content (AvgIpc) is 3.36. The summed E-state index contributed by atoms with van der Waals surface area (Å²) in [6.07, 6.45) is 49.8. The second-order valence-electron chi connectivity index (χ2n) is 14.0. The van der Waals surface area contributed by atoms with Crippen molar-refractivity contribution in [2.45, 2.75) is 219 Å². The quantitative estimate of drug-likeness (QED) is 0.0591. The highest BCUT2D eigenvalue weighted by molar-refractivity contribution is 5.84. The number of hydrogen-bond donors (Lipinski definition) is 1. The highest BCUT2D eigenvalue weighted by Gasteiger charge is 2.34. The number of amidine groups is 1. The zero-order chi connectivity index (χ0) is 31.8. The first kappa shape index (κ1) is 40.9. The first-order valence-corrected chi connectivity index (χ1v) is 20.1. The lowest BCUT2D eigenvalue weighted by Gasteiger charge is -2.24. The number of allylic oxidation sites excluding steroid dienone is 4. The molecular formula is C41H79N3. The number of nitrogens with two attached hydrogens (primary N) is 1. The molecule has 0 saturated heterocycles. The van der Waals surface area contributed by atoms with E-state index < -0.39 is 0 Å². The summed E-state index contributed by atoms with van der Waals surface area (Å²) in [7, 11) is 0. The Morgan fingerprint density at radius 3 is 1.30 bits per heavy atom. The molecule has 0 saturated carbocycles. The lowest BCUT2D eigenvalue weighted by atomic mass is 10.0. The molecule has 3 nitrogen and oxygen atoms in total. The van der Waals surface area contributed by atoms with Crippen LogP contribution in [0.5, 0.6) is 0 Å². The van der Waals surface area contributed by atoms with Crippen molar-refractivity contribution in [3.05, 3.63) is 24.3 Å². The summed E-state index contributed by atoms with van der Waals surface area (Å²) in [6, 6.07) is 0. The van der Waals surface area contributed by atoms with E-state index in [9.17, 15) is 0 Å². The molecule has 0 fully saturated rings. The zero-order valence-electron chi connectivity index (χ0n) is 30.4. The minimum Gasteiger partial charge on any atom is -0.357 e. The molecule has 44 heavy (non-hydrogen) atoms. The number of unbranched alkanes of at least 4 members (excludes halogenated alkanes) is 24. The monoisotopic (exact) mass is 614 g/mol. The van der Waals surface area contributed by atoms with E-state index >= 15 is 0 Å². The summed E-state index contributed by atoms with van der Waals surface area (Å²) < 4.78 is 0. The van der Waals surface area contributed by atoms with Gasteiger partial charge in [-0.2, -0.15) is 0 Å². The van der Waals surface area contributed by atoms with Gasteiger partial charge in [-0.15, -0.1) is 0 Å². The Labute approximate surface area is 277 Å². The van der Waals surface area contributed by atoms with Crippen LogP contribution in [0.4, 0.5) is 0 Å². The van der Waals surface area contributed by atoms with Crippen LogP contribution in [0.1, 0.15) is 213 Å². The highest BCUT2D eigenvalue weighted by atomic mass is 15.3. The predicted octanol–water partition coefficient (Wildman–Crippen LogP) is 13.2. The van der Waals surface area contributed by atoms with E-state index in [0.717, 1.165) is 25.9 Å². The second-order valence-corrected chi connectivity index (χ2v) is 14.0. The molecule has 0 amide bonds. The van der Waals surface area contributed by atoms with Crippen LogP contribution in [0.2, 0.25) is 0 Å². The topological polar surface area (TPSA) is 41.6 Å². The Kier molecular flexibility index (Phi) is 28.4. The van der Waals surface area contributed by atoms with Crippen LogP contribution >= 0.6 is 0 Å². The number of aliphatic imine (C=N–C) groups is 1. The lowest BCUT2D eigenvalue weighted by Crippen LogP contribution is -2.43. The first-order chi connectivity index (χ1) is 21.6. The fourth-order valence-electron chi connectivity index (χ4n) is 6.64. The van der Waals surface area contributed by atoms with Gasteiger partial charge in [0.15, 0.2) is 0 Å². The number of likely N-dealkylation sites (N-methyl/N-ethyl adjacent to an activating group) is 1. The van der Waals surface area contributed by atoms with Gasteiger partial charge in [-0.3, -0.25) is 0 Å². The predicted molar refractivity (Wildman–Crippen MR) is 200 cm³/mol. The molecule has 1 atom stereocenters. The van der Waals surface area contributed by atoms with Gasteiger partial charge in [0.25, 0.3) is 0 Å². The van der Waals surface area contributed by atoms with Crippen LogP contribution in [0, 0.1) is 0 Å². The SMILES string of the molecule is CCCCCCCC/C=C\CCCCCCCCC1=NC(N)(CCCCCCCC/C=C\CCCCCCCC)CN1CC. The molecule has 0 aliphatic carbocycles. The molecule has 1 aliphatic heterocycles. The summed E-state index contributed by atoms with van der Waals surface area (Å²) >= 11 is 0. The average molecular weight is 614 g/mol. The summed E-state index contributed by atoms with van der Waals surface area (Å²) in [4.78, 5) is 7.55. The Morgan fingerprint density at radius 1 is 0.523 bits per heavy atom. The van der Waals surface area contributed by atoms with E-state index in [0.29, 0.717) is 0 Å².